The van der Waals surface area contributed by atoms with Gasteiger partial charge in [-0.2, -0.15) is 0 Å². The van der Waals surface area contributed by atoms with E-state index in [1.807, 2.05) is 18.2 Å². The monoisotopic (exact) mass is 325 g/mol. The van der Waals surface area contributed by atoms with E-state index in [4.69, 9.17) is 4.74 Å². The Kier molecular flexibility index (Phi) is 5.13. The van der Waals surface area contributed by atoms with Gasteiger partial charge in [-0.15, -0.1) is 0 Å². The molecule has 0 spiro atoms. The van der Waals surface area contributed by atoms with Crippen molar-refractivity contribution in [2.45, 2.75) is 25.0 Å². The summed E-state index contributed by atoms with van der Waals surface area (Å²) in [7, 11) is 0. The molecule has 0 bridgehead atoms. The van der Waals surface area contributed by atoms with Gasteiger partial charge in [0.1, 0.15) is 10.7 Å². The van der Waals surface area contributed by atoms with E-state index in [0.29, 0.717) is 10.4 Å². The lowest BCUT2D eigenvalue weighted by Crippen LogP contribution is -2.36. The Labute approximate surface area is 120 Å². The Morgan fingerprint density at radius 3 is 2.89 bits per heavy atom. The molecule has 2 unspecified atom stereocenters. The summed E-state index contributed by atoms with van der Waals surface area (Å²) in [4.78, 5) is 4.07. The first-order valence-electron chi connectivity index (χ1n) is 6.15. The lowest BCUT2D eigenvalue weighted by Gasteiger charge is -2.25. The molecule has 102 valence electrons. The molecule has 0 amide bonds. The molecule has 1 heterocycles. The van der Waals surface area contributed by atoms with E-state index in [0.717, 1.165) is 18.4 Å². The topological polar surface area (TPSA) is 62.6 Å². The Balaban J connectivity index is 2.21. The number of nitrogens with zero attached hydrogens (tertiary/aromatic N) is 1. The fraction of sp³-hybridized carbons (Fsp3) is 0.357. The molecule has 0 saturated heterocycles. The number of aliphatic hydroxyl groups excluding tert-OH is 2. The minimum Gasteiger partial charge on any atom is -0.480 e. The van der Waals surface area contributed by atoms with Crippen LogP contribution in [0.3, 0.4) is 0 Å². The van der Waals surface area contributed by atoms with Crippen molar-refractivity contribution in [1.82, 2.24) is 4.98 Å². The Morgan fingerprint density at radius 2 is 2.26 bits per heavy atom. The predicted octanol–water partition coefficient (Wildman–Crippen LogP) is 2.22. The average Bonchev–Trinajstić information content (AvgIpc) is 2.46. The second-order valence-electron chi connectivity index (χ2n) is 4.26. The summed E-state index contributed by atoms with van der Waals surface area (Å²) in [5.74, 6) is 0.542. The van der Waals surface area contributed by atoms with Crippen molar-refractivity contribution in [2.75, 3.05) is 6.61 Å². The van der Waals surface area contributed by atoms with Crippen LogP contribution in [0.4, 0.5) is 0 Å². The second kappa shape index (κ2) is 6.84. The number of aromatic nitrogens is 1. The molecule has 19 heavy (non-hydrogen) atoms. The molecule has 2 rings (SSSR count). The summed E-state index contributed by atoms with van der Waals surface area (Å²) in [5, 5.41) is 19.1. The summed E-state index contributed by atoms with van der Waals surface area (Å²) in [6.07, 6.45) is 7.97. The molecule has 0 radical (unpaired) electrons. The van der Waals surface area contributed by atoms with Gasteiger partial charge in [-0.1, -0.05) is 18.2 Å². The third-order valence-corrected chi connectivity index (χ3v) is 3.46. The van der Waals surface area contributed by atoms with Crippen molar-refractivity contribution in [1.29, 1.82) is 0 Å². The highest BCUT2D eigenvalue weighted by molar-refractivity contribution is 9.10. The van der Waals surface area contributed by atoms with E-state index in [1.165, 1.54) is 0 Å². The molecular weight excluding hydrogens is 310 g/mol. The van der Waals surface area contributed by atoms with Crippen LogP contribution in [0.2, 0.25) is 0 Å². The summed E-state index contributed by atoms with van der Waals surface area (Å²) in [6, 6.07) is 3.52. The predicted molar refractivity (Wildman–Crippen MR) is 75.9 cm³/mol. The lowest BCUT2D eigenvalue weighted by molar-refractivity contribution is 0.0167. The molecule has 5 heteroatoms. The molecule has 0 saturated carbocycles. The van der Waals surface area contributed by atoms with E-state index in [-0.39, 0.29) is 6.61 Å². The van der Waals surface area contributed by atoms with Crippen LogP contribution >= 0.6 is 15.9 Å². The maximum atomic E-state index is 9.94. The minimum absolute atomic E-state index is 0.353. The van der Waals surface area contributed by atoms with Crippen molar-refractivity contribution < 1.29 is 14.9 Å². The van der Waals surface area contributed by atoms with Gasteiger partial charge in [-0.25, -0.2) is 4.98 Å². The molecule has 1 aromatic rings. The second-order valence-corrected chi connectivity index (χ2v) is 5.02. The van der Waals surface area contributed by atoms with Gasteiger partial charge >= 0.3 is 0 Å². The van der Waals surface area contributed by atoms with E-state index in [2.05, 4.69) is 20.9 Å². The van der Waals surface area contributed by atoms with Crippen LogP contribution in [-0.4, -0.2) is 34.0 Å². The molecule has 2 atom stereocenters. The molecule has 0 aliphatic heterocycles. The number of pyridine rings is 1. The van der Waals surface area contributed by atoms with Crippen LogP contribution in [0.5, 0.6) is 5.75 Å². The third kappa shape index (κ3) is 3.65. The Hall–Kier alpha value is -1.17. The summed E-state index contributed by atoms with van der Waals surface area (Å²) in [5.41, 5.74) is 0.878. The summed E-state index contributed by atoms with van der Waals surface area (Å²) in [6.45, 7) is -0.353. The zero-order valence-electron chi connectivity index (χ0n) is 10.4. The van der Waals surface area contributed by atoms with Crippen LogP contribution in [0.25, 0.3) is 0 Å². The highest BCUT2D eigenvalue weighted by Gasteiger charge is 2.25. The standard InChI is InChI=1S/C14H16BrNO3/c15-14-12(7-4-8-16-14)19-13(11(18)9-17)10-5-2-1-3-6-10/h2,4-8,11,13,17-18H,1,3,9H2. The molecular formula is C14H16BrNO3. The van der Waals surface area contributed by atoms with Gasteiger partial charge < -0.3 is 14.9 Å². The first kappa shape index (κ1) is 14.2. The van der Waals surface area contributed by atoms with Crippen molar-refractivity contribution in [3.05, 3.63) is 46.7 Å². The number of hydrogen-bond acceptors (Lipinski definition) is 4. The minimum atomic E-state index is -0.971. The molecule has 1 aliphatic rings. The van der Waals surface area contributed by atoms with E-state index in [1.54, 1.807) is 18.3 Å². The lowest BCUT2D eigenvalue weighted by atomic mass is 9.98. The van der Waals surface area contributed by atoms with E-state index < -0.39 is 12.2 Å². The Bertz CT molecular complexity index is 487. The highest BCUT2D eigenvalue weighted by atomic mass is 79.9. The molecule has 2 N–H and O–H groups in total. The van der Waals surface area contributed by atoms with Crippen LogP contribution in [0.15, 0.2) is 46.7 Å². The first-order valence-corrected chi connectivity index (χ1v) is 6.94. The van der Waals surface area contributed by atoms with Crippen molar-refractivity contribution >= 4 is 15.9 Å². The normalized spacial score (nSPS) is 17.7. The largest absolute Gasteiger partial charge is 0.480 e. The van der Waals surface area contributed by atoms with Crippen LogP contribution in [0, 0.1) is 0 Å². The van der Waals surface area contributed by atoms with Gasteiger partial charge in [0.15, 0.2) is 11.9 Å². The molecule has 0 fully saturated rings. The van der Waals surface area contributed by atoms with Gasteiger partial charge in [0.05, 0.1) is 6.61 Å². The van der Waals surface area contributed by atoms with Crippen LogP contribution < -0.4 is 4.74 Å². The molecule has 1 aromatic heterocycles. The maximum absolute atomic E-state index is 9.94. The third-order valence-electron chi connectivity index (χ3n) is 2.87. The smallest absolute Gasteiger partial charge is 0.153 e. The van der Waals surface area contributed by atoms with Crippen molar-refractivity contribution in [2.24, 2.45) is 0 Å². The van der Waals surface area contributed by atoms with E-state index in [9.17, 15) is 10.2 Å². The fourth-order valence-electron chi connectivity index (χ4n) is 1.91. The van der Waals surface area contributed by atoms with Crippen molar-refractivity contribution in [3.63, 3.8) is 0 Å². The number of hydrogen-bond donors (Lipinski definition) is 2. The van der Waals surface area contributed by atoms with E-state index >= 15 is 0 Å². The summed E-state index contributed by atoms with van der Waals surface area (Å²) < 4.78 is 6.37. The van der Waals surface area contributed by atoms with Crippen LogP contribution in [-0.2, 0) is 0 Å². The Morgan fingerprint density at radius 1 is 1.42 bits per heavy atom. The number of rotatable bonds is 5. The SMILES string of the molecule is OCC(O)C(Oc1cccnc1Br)C1=CCCC=C1. The van der Waals surface area contributed by atoms with Crippen LogP contribution in [0.1, 0.15) is 12.8 Å². The van der Waals surface area contributed by atoms with Gasteiger partial charge in [0.25, 0.3) is 0 Å². The molecule has 0 aromatic carbocycles. The van der Waals surface area contributed by atoms with Crippen molar-refractivity contribution in [3.8, 4) is 5.75 Å². The fourth-order valence-corrected chi connectivity index (χ4v) is 2.25. The zero-order chi connectivity index (χ0) is 13.7. The number of halogens is 1. The first-order chi connectivity index (χ1) is 9.22. The van der Waals surface area contributed by atoms with Gasteiger partial charge in [-0.05, 0) is 46.5 Å². The number of allylic oxidation sites excluding steroid dienone is 2. The van der Waals surface area contributed by atoms with Gasteiger partial charge in [-0.3, -0.25) is 0 Å². The van der Waals surface area contributed by atoms with Gasteiger partial charge in [0.2, 0.25) is 0 Å². The molecule has 4 nitrogen and oxygen atoms in total. The zero-order valence-corrected chi connectivity index (χ0v) is 12.0. The summed E-state index contributed by atoms with van der Waals surface area (Å²) >= 11 is 3.30. The highest BCUT2D eigenvalue weighted by Crippen LogP contribution is 2.26. The maximum Gasteiger partial charge on any atom is 0.153 e. The quantitative estimate of drug-likeness (QED) is 0.815. The number of aliphatic hydroxyl groups is 2. The number of ether oxygens (including phenoxy) is 1. The van der Waals surface area contributed by atoms with Gasteiger partial charge in [0, 0.05) is 6.20 Å². The molecule has 1 aliphatic carbocycles. The average molecular weight is 326 g/mol.